The van der Waals surface area contributed by atoms with Gasteiger partial charge in [-0.2, -0.15) is 0 Å². The van der Waals surface area contributed by atoms with Crippen molar-refractivity contribution in [3.63, 3.8) is 0 Å². The van der Waals surface area contributed by atoms with Crippen molar-refractivity contribution in [3.8, 4) is 0 Å². The van der Waals surface area contributed by atoms with Gasteiger partial charge in [-0.1, -0.05) is 51.7 Å². The molecule has 1 aliphatic heterocycles. The molecule has 4 aliphatic rings. The van der Waals surface area contributed by atoms with Crippen LogP contribution >= 0.6 is 0 Å². The molecule has 0 amide bonds. The van der Waals surface area contributed by atoms with Crippen LogP contribution < -0.4 is 0 Å². The largest absolute Gasteiger partial charge is 0.458 e. The van der Waals surface area contributed by atoms with Crippen LogP contribution in [-0.4, -0.2) is 58.9 Å². The fourth-order valence-corrected chi connectivity index (χ4v) is 7.66. The first kappa shape index (κ1) is 28.3. The minimum atomic E-state index is -0.955. The number of carbonyl (C=O) groups excluding carboxylic acids is 1. The van der Waals surface area contributed by atoms with Crippen LogP contribution in [0.15, 0.2) is 47.6 Å². The number of fused-ring (bicyclic) bond motifs is 1. The van der Waals surface area contributed by atoms with E-state index in [4.69, 9.17) is 14.6 Å². The highest BCUT2D eigenvalue weighted by Crippen LogP contribution is 2.60. The van der Waals surface area contributed by atoms with Crippen LogP contribution in [-0.2, 0) is 14.3 Å². The van der Waals surface area contributed by atoms with Crippen molar-refractivity contribution in [1.82, 2.24) is 0 Å². The SMILES string of the molecule is C=C1C(=O)O[C@H](C[C@@H](C)[C@H]2CC[C@H]3C(=CC=C4C[C@@H](O)[C@H](OCCCO)[C@H](O)C4=C)CCC[C@]23C)[C@@H]1C. The van der Waals surface area contributed by atoms with Crippen LogP contribution in [0.2, 0.25) is 0 Å². The predicted octanol–water partition coefficient (Wildman–Crippen LogP) is 4.65. The number of esters is 1. The normalized spacial score (nSPS) is 41.4. The summed E-state index contributed by atoms with van der Waals surface area (Å²) in [6.45, 7) is 15.2. The van der Waals surface area contributed by atoms with Crippen molar-refractivity contribution in [2.75, 3.05) is 13.2 Å². The Morgan fingerprint density at radius 1 is 1.22 bits per heavy atom. The summed E-state index contributed by atoms with van der Waals surface area (Å²) in [4.78, 5) is 12.0. The Hall–Kier alpha value is -1.73. The van der Waals surface area contributed by atoms with Gasteiger partial charge in [-0.25, -0.2) is 4.79 Å². The number of carbonyl (C=O) groups is 1. The van der Waals surface area contributed by atoms with Gasteiger partial charge in [-0.3, -0.25) is 0 Å². The van der Waals surface area contributed by atoms with Gasteiger partial charge in [0.25, 0.3) is 0 Å². The molecule has 206 valence electrons. The molecule has 9 atom stereocenters. The molecule has 0 unspecified atom stereocenters. The lowest BCUT2D eigenvalue weighted by molar-refractivity contribution is -0.140. The third-order valence-electron chi connectivity index (χ3n) is 9.96. The van der Waals surface area contributed by atoms with Gasteiger partial charge >= 0.3 is 5.97 Å². The molecule has 6 heteroatoms. The standard InChI is InChI=1S/C31H46O6/c1-18(16-27-19(2)20(3)30(35)37-27)24-11-12-25-22(8-6-13-31(24,25)5)9-10-23-17-26(33)29(28(34)21(23)4)36-15-7-14-32/h9-10,18-19,24-29,32-34H,3-4,6-8,11-17H2,1-2,5H3/t18-,19-,24-,25+,26-,27-,28-,29+,31-/m1/s1. The summed E-state index contributed by atoms with van der Waals surface area (Å²) in [6, 6.07) is 0. The summed E-state index contributed by atoms with van der Waals surface area (Å²) in [7, 11) is 0. The fraction of sp³-hybridized carbons (Fsp3) is 0.710. The Kier molecular flexibility index (Phi) is 8.84. The summed E-state index contributed by atoms with van der Waals surface area (Å²) in [5.41, 5.74) is 3.77. The summed E-state index contributed by atoms with van der Waals surface area (Å²) < 4.78 is 11.3. The summed E-state index contributed by atoms with van der Waals surface area (Å²) in [6.07, 6.45) is 9.30. The van der Waals surface area contributed by atoms with E-state index in [0.29, 0.717) is 48.3 Å². The lowest BCUT2D eigenvalue weighted by atomic mass is 9.60. The zero-order valence-corrected chi connectivity index (χ0v) is 22.8. The topological polar surface area (TPSA) is 96.2 Å². The number of allylic oxidation sites excluding steroid dienone is 3. The van der Waals surface area contributed by atoms with Crippen LogP contribution in [0.5, 0.6) is 0 Å². The van der Waals surface area contributed by atoms with E-state index in [-0.39, 0.29) is 30.0 Å². The van der Waals surface area contributed by atoms with Gasteiger partial charge in [-0.05, 0) is 79.3 Å². The highest BCUT2D eigenvalue weighted by atomic mass is 16.6. The monoisotopic (exact) mass is 514 g/mol. The maximum Gasteiger partial charge on any atom is 0.334 e. The van der Waals surface area contributed by atoms with E-state index < -0.39 is 18.3 Å². The Labute approximate surface area is 222 Å². The van der Waals surface area contributed by atoms with Crippen molar-refractivity contribution in [2.24, 2.45) is 29.1 Å². The Morgan fingerprint density at radius 2 is 1.97 bits per heavy atom. The third kappa shape index (κ3) is 5.54. The quantitative estimate of drug-likeness (QED) is 0.248. The number of hydrogen-bond donors (Lipinski definition) is 3. The van der Waals surface area contributed by atoms with Crippen molar-refractivity contribution in [2.45, 2.75) is 96.6 Å². The van der Waals surface area contributed by atoms with Crippen LogP contribution in [0.4, 0.5) is 0 Å². The first-order chi connectivity index (χ1) is 17.6. The molecule has 3 N–H and O–H groups in total. The van der Waals surface area contributed by atoms with Gasteiger partial charge in [0, 0.05) is 31.1 Å². The second-order valence-corrected chi connectivity index (χ2v) is 12.2. The zero-order chi connectivity index (χ0) is 26.9. The van der Waals surface area contributed by atoms with E-state index in [1.165, 1.54) is 24.8 Å². The van der Waals surface area contributed by atoms with Gasteiger partial charge in [0.2, 0.25) is 0 Å². The maximum absolute atomic E-state index is 12.0. The van der Waals surface area contributed by atoms with Gasteiger partial charge in [0.1, 0.15) is 18.3 Å². The third-order valence-corrected chi connectivity index (χ3v) is 9.96. The van der Waals surface area contributed by atoms with E-state index in [1.807, 2.05) is 0 Å². The molecule has 0 aromatic heterocycles. The second kappa shape index (κ2) is 11.6. The van der Waals surface area contributed by atoms with Gasteiger partial charge < -0.3 is 24.8 Å². The lowest BCUT2D eigenvalue weighted by Gasteiger charge is -2.44. The average molecular weight is 515 g/mol. The Bertz CT molecular complexity index is 949. The highest BCUT2D eigenvalue weighted by Gasteiger charge is 2.51. The van der Waals surface area contributed by atoms with E-state index in [0.717, 1.165) is 24.8 Å². The van der Waals surface area contributed by atoms with Crippen molar-refractivity contribution < 1.29 is 29.6 Å². The Morgan fingerprint density at radius 3 is 2.65 bits per heavy atom. The number of aliphatic hydroxyl groups is 3. The summed E-state index contributed by atoms with van der Waals surface area (Å²) in [5.74, 6) is 1.41. The molecule has 4 rings (SSSR count). The van der Waals surface area contributed by atoms with Gasteiger partial charge in [0.05, 0.1) is 6.10 Å². The first-order valence-corrected chi connectivity index (χ1v) is 14.2. The highest BCUT2D eigenvalue weighted by molar-refractivity contribution is 5.90. The minimum absolute atomic E-state index is 0.0151. The van der Waals surface area contributed by atoms with E-state index >= 15 is 0 Å². The van der Waals surface area contributed by atoms with Crippen LogP contribution in [0.25, 0.3) is 0 Å². The van der Waals surface area contributed by atoms with Crippen LogP contribution in [0.3, 0.4) is 0 Å². The minimum Gasteiger partial charge on any atom is -0.458 e. The van der Waals surface area contributed by atoms with E-state index in [2.05, 4.69) is 46.1 Å². The van der Waals surface area contributed by atoms with Gasteiger partial charge in [-0.15, -0.1) is 0 Å². The summed E-state index contributed by atoms with van der Waals surface area (Å²) in [5, 5.41) is 30.3. The molecular formula is C31H46O6. The molecule has 0 spiro atoms. The summed E-state index contributed by atoms with van der Waals surface area (Å²) >= 11 is 0. The molecule has 6 nitrogen and oxygen atoms in total. The molecule has 0 bridgehead atoms. The van der Waals surface area contributed by atoms with Gasteiger partial charge in [0.15, 0.2) is 0 Å². The lowest BCUT2D eigenvalue weighted by Crippen LogP contribution is -2.45. The van der Waals surface area contributed by atoms with E-state index in [1.54, 1.807) is 0 Å². The number of hydrogen-bond acceptors (Lipinski definition) is 6. The number of ether oxygens (including phenoxy) is 2. The van der Waals surface area contributed by atoms with Crippen molar-refractivity contribution >= 4 is 5.97 Å². The predicted molar refractivity (Wildman–Crippen MR) is 144 cm³/mol. The maximum atomic E-state index is 12.0. The van der Waals surface area contributed by atoms with E-state index in [9.17, 15) is 15.0 Å². The number of aliphatic hydroxyl groups excluding tert-OH is 3. The van der Waals surface area contributed by atoms with Crippen molar-refractivity contribution in [1.29, 1.82) is 0 Å². The Balaban J connectivity index is 1.44. The zero-order valence-electron chi connectivity index (χ0n) is 22.8. The fourth-order valence-electron chi connectivity index (χ4n) is 7.66. The molecule has 1 saturated heterocycles. The smallest absolute Gasteiger partial charge is 0.334 e. The van der Waals surface area contributed by atoms with Crippen LogP contribution in [0.1, 0.15) is 72.1 Å². The molecule has 0 aromatic carbocycles. The molecule has 37 heavy (non-hydrogen) atoms. The first-order valence-electron chi connectivity index (χ1n) is 14.2. The molecule has 1 heterocycles. The average Bonchev–Trinajstić information content (AvgIpc) is 3.34. The molecule has 3 saturated carbocycles. The van der Waals surface area contributed by atoms with Crippen LogP contribution in [0, 0.1) is 29.1 Å². The molecule has 0 aromatic rings. The number of cyclic esters (lactones) is 1. The molecule has 0 radical (unpaired) electrons. The molecule has 3 aliphatic carbocycles. The number of rotatable bonds is 8. The second-order valence-electron chi connectivity index (χ2n) is 12.2. The molecular weight excluding hydrogens is 468 g/mol. The van der Waals surface area contributed by atoms with Crippen molar-refractivity contribution in [3.05, 3.63) is 47.6 Å². The molecule has 4 fully saturated rings.